The van der Waals surface area contributed by atoms with Gasteiger partial charge in [0.15, 0.2) is 0 Å². The van der Waals surface area contributed by atoms with E-state index in [1.165, 1.54) is 11.1 Å². The number of likely N-dealkylation sites (N-methyl/N-ethyl adjacent to an activating group) is 1. The van der Waals surface area contributed by atoms with Crippen molar-refractivity contribution in [1.82, 2.24) is 4.90 Å². The lowest BCUT2D eigenvalue weighted by atomic mass is 10.1. The number of methoxy groups -OCH3 is 1. The molecule has 0 aliphatic heterocycles. The van der Waals surface area contributed by atoms with E-state index in [2.05, 4.69) is 30.1 Å². The third-order valence-corrected chi connectivity index (χ3v) is 2.83. The normalized spacial score (nSPS) is 11.1. The maximum Gasteiger partial charge on any atom is 0.0700 e. The van der Waals surface area contributed by atoms with Crippen LogP contribution in [0.1, 0.15) is 11.1 Å². The third-order valence-electron chi connectivity index (χ3n) is 2.83. The first kappa shape index (κ1) is 15.1. The van der Waals surface area contributed by atoms with Crippen LogP contribution in [0.5, 0.6) is 0 Å². The number of nitrogens with two attached hydrogens (primary N) is 1. The van der Waals surface area contributed by atoms with Crippen LogP contribution in [0.25, 0.3) is 0 Å². The monoisotopic (exact) mass is 252 g/mol. The fourth-order valence-electron chi connectivity index (χ4n) is 1.75. The molecule has 0 saturated heterocycles. The smallest absolute Gasteiger partial charge is 0.0700 e. The molecule has 0 aliphatic carbocycles. The highest BCUT2D eigenvalue weighted by molar-refractivity contribution is 5.26. The van der Waals surface area contributed by atoms with E-state index in [1.807, 2.05) is 6.07 Å². The van der Waals surface area contributed by atoms with Crippen molar-refractivity contribution in [2.75, 3.05) is 40.5 Å². The number of rotatable bonds is 9. The van der Waals surface area contributed by atoms with E-state index in [9.17, 15) is 0 Å². The Morgan fingerprint density at radius 3 is 2.50 bits per heavy atom. The lowest BCUT2D eigenvalue weighted by molar-refractivity contribution is 0.0597. The van der Waals surface area contributed by atoms with Gasteiger partial charge in [0.25, 0.3) is 0 Å². The summed E-state index contributed by atoms with van der Waals surface area (Å²) in [5.74, 6) is 0. The second-order valence-electron chi connectivity index (χ2n) is 4.32. The highest BCUT2D eigenvalue weighted by Gasteiger charge is 2.04. The van der Waals surface area contributed by atoms with Crippen LogP contribution in [0, 0.1) is 0 Å². The molecule has 0 amide bonds. The van der Waals surface area contributed by atoms with Gasteiger partial charge < -0.3 is 15.2 Å². The summed E-state index contributed by atoms with van der Waals surface area (Å²) in [5, 5.41) is 0. The molecule has 0 unspecified atom stereocenters. The molecule has 0 atom stereocenters. The van der Waals surface area contributed by atoms with E-state index in [0.717, 1.165) is 19.7 Å². The number of hydrogen-bond acceptors (Lipinski definition) is 4. The van der Waals surface area contributed by atoms with Crippen LogP contribution < -0.4 is 5.73 Å². The molecule has 18 heavy (non-hydrogen) atoms. The van der Waals surface area contributed by atoms with Crippen LogP contribution in [-0.2, 0) is 22.6 Å². The van der Waals surface area contributed by atoms with Crippen LogP contribution in [0.15, 0.2) is 24.3 Å². The summed E-state index contributed by atoms with van der Waals surface area (Å²) in [6.07, 6.45) is 0. The topological polar surface area (TPSA) is 47.7 Å². The lowest BCUT2D eigenvalue weighted by Crippen LogP contribution is -2.24. The van der Waals surface area contributed by atoms with E-state index in [4.69, 9.17) is 15.2 Å². The Hall–Kier alpha value is -0.940. The Morgan fingerprint density at radius 1 is 1.11 bits per heavy atom. The van der Waals surface area contributed by atoms with Crippen LogP contribution in [0.4, 0.5) is 0 Å². The van der Waals surface area contributed by atoms with Gasteiger partial charge in [-0.15, -0.1) is 0 Å². The van der Waals surface area contributed by atoms with Gasteiger partial charge >= 0.3 is 0 Å². The molecule has 0 aliphatic rings. The third kappa shape index (κ3) is 5.60. The molecule has 0 aromatic heterocycles. The van der Waals surface area contributed by atoms with Gasteiger partial charge in [-0.05, 0) is 18.2 Å². The summed E-state index contributed by atoms with van der Waals surface area (Å²) >= 11 is 0. The van der Waals surface area contributed by atoms with Gasteiger partial charge in [0.1, 0.15) is 0 Å². The van der Waals surface area contributed by atoms with Gasteiger partial charge in [-0.1, -0.05) is 24.3 Å². The Bertz CT molecular complexity index is 331. The van der Waals surface area contributed by atoms with Crippen molar-refractivity contribution in [2.24, 2.45) is 5.73 Å². The van der Waals surface area contributed by atoms with Crippen molar-refractivity contribution in [3.63, 3.8) is 0 Å². The quantitative estimate of drug-likeness (QED) is 0.672. The van der Waals surface area contributed by atoms with E-state index >= 15 is 0 Å². The summed E-state index contributed by atoms with van der Waals surface area (Å²) in [6, 6.07) is 8.29. The molecule has 1 aromatic carbocycles. The summed E-state index contributed by atoms with van der Waals surface area (Å²) in [6.45, 7) is 4.44. The minimum atomic E-state index is 0.592. The first-order valence-electron chi connectivity index (χ1n) is 6.30. The second kappa shape index (κ2) is 9.05. The van der Waals surface area contributed by atoms with Gasteiger partial charge in [-0.2, -0.15) is 0 Å². The van der Waals surface area contributed by atoms with Gasteiger partial charge in [0.2, 0.25) is 0 Å². The van der Waals surface area contributed by atoms with Crippen LogP contribution in [0.2, 0.25) is 0 Å². The SMILES string of the molecule is COCCOCCN(C)Cc1ccccc1CN. The molecular weight excluding hydrogens is 228 g/mol. The standard InChI is InChI=1S/C14H24N2O2/c1-16(7-8-18-10-9-17-2)12-14-6-4-3-5-13(14)11-15/h3-6H,7-12,15H2,1-2H3. The average Bonchev–Trinajstić information content (AvgIpc) is 2.39. The summed E-state index contributed by atoms with van der Waals surface area (Å²) in [4.78, 5) is 2.24. The first-order valence-corrected chi connectivity index (χ1v) is 6.30. The average molecular weight is 252 g/mol. The summed E-state index contributed by atoms with van der Waals surface area (Å²) in [5.41, 5.74) is 8.23. The molecule has 0 spiro atoms. The van der Waals surface area contributed by atoms with Gasteiger partial charge in [0.05, 0.1) is 19.8 Å². The second-order valence-corrected chi connectivity index (χ2v) is 4.32. The van der Waals surface area contributed by atoms with Gasteiger partial charge in [-0.3, -0.25) is 4.90 Å². The fourth-order valence-corrected chi connectivity index (χ4v) is 1.75. The molecule has 0 fully saturated rings. The highest BCUT2D eigenvalue weighted by Crippen LogP contribution is 2.10. The molecule has 1 rings (SSSR count). The Kier molecular flexibility index (Phi) is 7.60. The highest BCUT2D eigenvalue weighted by atomic mass is 16.5. The Morgan fingerprint density at radius 2 is 1.83 bits per heavy atom. The molecule has 4 heteroatoms. The maximum absolute atomic E-state index is 5.72. The van der Waals surface area contributed by atoms with Crippen LogP contribution in [-0.4, -0.2) is 45.4 Å². The molecule has 0 saturated carbocycles. The number of benzene rings is 1. The van der Waals surface area contributed by atoms with Crippen molar-refractivity contribution < 1.29 is 9.47 Å². The molecule has 0 bridgehead atoms. The van der Waals surface area contributed by atoms with Gasteiger partial charge in [-0.25, -0.2) is 0 Å². The van der Waals surface area contributed by atoms with Crippen molar-refractivity contribution in [3.8, 4) is 0 Å². The minimum absolute atomic E-state index is 0.592. The van der Waals surface area contributed by atoms with Crippen molar-refractivity contribution >= 4 is 0 Å². The zero-order chi connectivity index (χ0) is 13.2. The summed E-state index contributed by atoms with van der Waals surface area (Å²) < 4.78 is 10.4. The molecule has 102 valence electrons. The van der Waals surface area contributed by atoms with Crippen molar-refractivity contribution in [1.29, 1.82) is 0 Å². The predicted octanol–water partition coefficient (Wildman–Crippen LogP) is 1.24. The summed E-state index contributed by atoms with van der Waals surface area (Å²) in [7, 11) is 3.77. The Labute approximate surface area is 110 Å². The van der Waals surface area contributed by atoms with Crippen molar-refractivity contribution in [2.45, 2.75) is 13.1 Å². The maximum atomic E-state index is 5.72. The van der Waals surface area contributed by atoms with E-state index in [0.29, 0.717) is 19.8 Å². The van der Waals surface area contributed by atoms with Crippen molar-refractivity contribution in [3.05, 3.63) is 35.4 Å². The van der Waals surface area contributed by atoms with Crippen LogP contribution in [0.3, 0.4) is 0 Å². The number of hydrogen-bond donors (Lipinski definition) is 1. The molecule has 0 heterocycles. The zero-order valence-electron chi connectivity index (χ0n) is 11.4. The molecule has 0 radical (unpaired) electrons. The fraction of sp³-hybridized carbons (Fsp3) is 0.571. The minimum Gasteiger partial charge on any atom is -0.382 e. The van der Waals surface area contributed by atoms with E-state index in [1.54, 1.807) is 7.11 Å². The first-order chi connectivity index (χ1) is 8.77. The molecule has 1 aromatic rings. The number of nitrogens with zero attached hydrogens (tertiary/aromatic N) is 1. The molecular formula is C14H24N2O2. The predicted molar refractivity (Wildman–Crippen MR) is 73.4 cm³/mol. The van der Waals surface area contributed by atoms with E-state index in [-0.39, 0.29) is 0 Å². The van der Waals surface area contributed by atoms with E-state index < -0.39 is 0 Å². The molecule has 4 nitrogen and oxygen atoms in total. The largest absolute Gasteiger partial charge is 0.382 e. The number of ether oxygens (including phenoxy) is 2. The molecule has 2 N–H and O–H groups in total. The van der Waals surface area contributed by atoms with Crippen LogP contribution >= 0.6 is 0 Å². The Balaban J connectivity index is 2.28. The lowest BCUT2D eigenvalue weighted by Gasteiger charge is -2.18. The van der Waals surface area contributed by atoms with Gasteiger partial charge in [0, 0.05) is 26.7 Å². The zero-order valence-corrected chi connectivity index (χ0v) is 11.4.